The van der Waals surface area contributed by atoms with Crippen LogP contribution in [0.15, 0.2) is 77.8 Å². The Morgan fingerprint density at radius 3 is 2.14 bits per heavy atom. The van der Waals surface area contributed by atoms with Crippen molar-refractivity contribution >= 4 is 38.8 Å². The zero-order valence-electron chi connectivity index (χ0n) is 15.5. The summed E-state index contributed by atoms with van der Waals surface area (Å²) < 4.78 is 27.6. The van der Waals surface area contributed by atoms with Gasteiger partial charge in [0.05, 0.1) is 16.8 Å². The van der Waals surface area contributed by atoms with Crippen molar-refractivity contribution in [2.45, 2.75) is 11.8 Å². The quantitative estimate of drug-likeness (QED) is 0.664. The van der Waals surface area contributed by atoms with Crippen LogP contribution in [0, 0.1) is 0 Å². The number of hydrogen-bond acceptors (Lipinski definition) is 5. The number of nitrogens with zero attached hydrogens (tertiary/aromatic N) is 2. The van der Waals surface area contributed by atoms with Crippen molar-refractivity contribution in [3.8, 4) is 0 Å². The molecule has 0 aliphatic carbocycles. The first-order chi connectivity index (χ1) is 13.3. The third-order valence-corrected chi connectivity index (χ3v) is 5.37. The van der Waals surface area contributed by atoms with Gasteiger partial charge in [0, 0.05) is 25.3 Å². The van der Waals surface area contributed by atoms with E-state index in [9.17, 15) is 13.2 Å². The van der Waals surface area contributed by atoms with E-state index in [4.69, 9.17) is 0 Å². The molecule has 0 aliphatic rings. The smallest absolute Gasteiger partial charge is 0.261 e. The minimum absolute atomic E-state index is 0.0899. The monoisotopic (exact) mass is 396 g/mol. The lowest BCUT2D eigenvalue weighted by Crippen LogP contribution is -2.14. The van der Waals surface area contributed by atoms with Gasteiger partial charge < -0.3 is 10.2 Å². The highest BCUT2D eigenvalue weighted by Gasteiger charge is 2.15. The second kappa shape index (κ2) is 8.10. The third kappa shape index (κ3) is 4.66. The van der Waals surface area contributed by atoms with Crippen molar-refractivity contribution in [1.29, 1.82) is 0 Å². The third-order valence-electron chi connectivity index (χ3n) is 3.97. The molecule has 3 aromatic rings. The van der Waals surface area contributed by atoms with E-state index >= 15 is 0 Å². The maximum atomic E-state index is 12.5. The molecule has 0 saturated carbocycles. The van der Waals surface area contributed by atoms with Crippen LogP contribution in [0.25, 0.3) is 0 Å². The molecular formula is C20H20N4O3S. The zero-order chi connectivity index (χ0) is 20.1. The van der Waals surface area contributed by atoms with E-state index in [1.54, 1.807) is 12.1 Å². The van der Waals surface area contributed by atoms with Crippen LogP contribution >= 0.6 is 0 Å². The SMILES string of the molecule is CC(=O)Nc1ccc(S(=O)(=O)Nc2ccc(N(C)c3ccccc3)nc2)cc1. The molecule has 0 radical (unpaired) electrons. The summed E-state index contributed by atoms with van der Waals surface area (Å²) in [7, 11) is -1.87. The lowest BCUT2D eigenvalue weighted by Gasteiger charge is -2.18. The Morgan fingerprint density at radius 1 is 0.929 bits per heavy atom. The van der Waals surface area contributed by atoms with Gasteiger partial charge in [-0.2, -0.15) is 0 Å². The summed E-state index contributed by atoms with van der Waals surface area (Å²) in [6, 6.07) is 19.1. The Hall–Kier alpha value is -3.39. The molecule has 8 heteroatoms. The summed E-state index contributed by atoms with van der Waals surface area (Å²) in [5, 5.41) is 2.59. The van der Waals surface area contributed by atoms with Gasteiger partial charge in [0.15, 0.2) is 0 Å². The van der Waals surface area contributed by atoms with Gasteiger partial charge in [0.25, 0.3) is 10.0 Å². The van der Waals surface area contributed by atoms with E-state index in [0.29, 0.717) is 17.2 Å². The molecule has 0 bridgehead atoms. The van der Waals surface area contributed by atoms with Gasteiger partial charge >= 0.3 is 0 Å². The molecule has 0 aliphatic heterocycles. The summed E-state index contributed by atoms with van der Waals surface area (Å²) in [6.45, 7) is 1.39. The van der Waals surface area contributed by atoms with Crippen LogP contribution in [0.2, 0.25) is 0 Å². The number of pyridine rings is 1. The van der Waals surface area contributed by atoms with Crippen molar-refractivity contribution in [2.75, 3.05) is 22.0 Å². The minimum Gasteiger partial charge on any atom is -0.329 e. The summed E-state index contributed by atoms with van der Waals surface area (Å²) in [4.78, 5) is 17.4. The average Bonchev–Trinajstić information content (AvgIpc) is 2.68. The van der Waals surface area contributed by atoms with Crippen molar-refractivity contribution in [1.82, 2.24) is 4.98 Å². The number of benzene rings is 2. The predicted octanol–water partition coefficient (Wildman–Crippen LogP) is 3.61. The number of aromatic nitrogens is 1. The number of hydrogen-bond donors (Lipinski definition) is 2. The number of sulfonamides is 1. The predicted molar refractivity (Wildman–Crippen MR) is 110 cm³/mol. The molecule has 1 aromatic heterocycles. The highest BCUT2D eigenvalue weighted by atomic mass is 32.2. The van der Waals surface area contributed by atoms with Crippen LogP contribution in [-0.2, 0) is 14.8 Å². The largest absolute Gasteiger partial charge is 0.329 e. The molecule has 2 N–H and O–H groups in total. The average molecular weight is 396 g/mol. The number of rotatable bonds is 6. The van der Waals surface area contributed by atoms with Gasteiger partial charge in [-0.25, -0.2) is 13.4 Å². The lowest BCUT2D eigenvalue weighted by atomic mass is 10.3. The Labute approximate surface area is 164 Å². The fourth-order valence-electron chi connectivity index (χ4n) is 2.56. The second-order valence-corrected chi connectivity index (χ2v) is 7.79. The second-order valence-electron chi connectivity index (χ2n) is 6.11. The molecule has 0 atom stereocenters. The van der Waals surface area contributed by atoms with Crippen LogP contribution in [0.3, 0.4) is 0 Å². The number of nitrogens with one attached hydrogen (secondary N) is 2. The Morgan fingerprint density at radius 2 is 1.57 bits per heavy atom. The molecular weight excluding hydrogens is 376 g/mol. The highest BCUT2D eigenvalue weighted by Crippen LogP contribution is 2.23. The van der Waals surface area contributed by atoms with Gasteiger partial charge in [-0.15, -0.1) is 0 Å². The molecule has 1 amide bonds. The van der Waals surface area contributed by atoms with E-state index in [1.807, 2.05) is 42.3 Å². The molecule has 1 heterocycles. The summed E-state index contributed by atoms with van der Waals surface area (Å²) in [5.74, 6) is 0.467. The fraction of sp³-hybridized carbons (Fsp3) is 0.100. The highest BCUT2D eigenvalue weighted by molar-refractivity contribution is 7.92. The maximum absolute atomic E-state index is 12.5. The van der Waals surface area contributed by atoms with Crippen LogP contribution in [0.5, 0.6) is 0 Å². The molecule has 3 rings (SSSR count). The molecule has 144 valence electrons. The number of anilines is 4. The molecule has 0 unspecified atom stereocenters. The van der Waals surface area contributed by atoms with Crippen molar-refractivity contribution < 1.29 is 13.2 Å². The van der Waals surface area contributed by atoms with Gasteiger partial charge in [0.2, 0.25) is 5.91 Å². The molecule has 0 spiro atoms. The first kappa shape index (κ1) is 19.4. The van der Waals surface area contributed by atoms with E-state index < -0.39 is 10.0 Å². The lowest BCUT2D eigenvalue weighted by molar-refractivity contribution is -0.114. The van der Waals surface area contributed by atoms with Crippen molar-refractivity contribution in [3.63, 3.8) is 0 Å². The Kier molecular flexibility index (Phi) is 5.60. The van der Waals surface area contributed by atoms with Crippen LogP contribution in [0.4, 0.5) is 22.9 Å². The summed E-state index contributed by atoms with van der Waals surface area (Å²) in [6.07, 6.45) is 1.47. The van der Waals surface area contributed by atoms with Crippen LogP contribution in [0.1, 0.15) is 6.92 Å². The van der Waals surface area contributed by atoms with Crippen molar-refractivity contribution in [2.24, 2.45) is 0 Å². The topological polar surface area (TPSA) is 91.4 Å². The summed E-state index contributed by atoms with van der Waals surface area (Å²) >= 11 is 0. The van der Waals surface area contributed by atoms with Gasteiger partial charge in [-0.05, 0) is 48.5 Å². The van der Waals surface area contributed by atoms with Gasteiger partial charge in [-0.3, -0.25) is 9.52 Å². The Bertz CT molecular complexity index is 1050. The number of carbonyl (C=O) groups is 1. The summed E-state index contributed by atoms with van der Waals surface area (Å²) in [5.41, 5.74) is 1.86. The van der Waals surface area contributed by atoms with Crippen LogP contribution < -0.4 is 14.9 Å². The first-order valence-electron chi connectivity index (χ1n) is 8.50. The van der Waals surface area contributed by atoms with Gasteiger partial charge in [0.1, 0.15) is 5.82 Å². The molecule has 2 aromatic carbocycles. The Balaban J connectivity index is 1.73. The van der Waals surface area contributed by atoms with E-state index in [1.165, 1.54) is 37.4 Å². The van der Waals surface area contributed by atoms with Crippen LogP contribution in [-0.4, -0.2) is 26.4 Å². The van der Waals surface area contributed by atoms with E-state index in [0.717, 1.165) is 5.69 Å². The number of carbonyl (C=O) groups excluding carboxylic acids is 1. The normalized spacial score (nSPS) is 10.9. The van der Waals surface area contributed by atoms with E-state index in [2.05, 4.69) is 15.0 Å². The standard InChI is InChI=1S/C20H20N4O3S/c1-15(25)22-16-8-11-19(12-9-16)28(26,27)23-17-10-13-20(21-14-17)24(2)18-6-4-3-5-7-18/h3-14,23H,1-2H3,(H,22,25). The van der Waals surface area contributed by atoms with Gasteiger partial charge in [-0.1, -0.05) is 18.2 Å². The van der Waals surface area contributed by atoms with Crippen molar-refractivity contribution in [3.05, 3.63) is 72.9 Å². The number of amides is 1. The minimum atomic E-state index is -3.76. The molecule has 0 fully saturated rings. The molecule has 0 saturated heterocycles. The molecule has 28 heavy (non-hydrogen) atoms. The zero-order valence-corrected chi connectivity index (χ0v) is 16.3. The number of para-hydroxylation sites is 1. The van der Waals surface area contributed by atoms with E-state index in [-0.39, 0.29) is 10.8 Å². The maximum Gasteiger partial charge on any atom is 0.261 e. The first-order valence-corrected chi connectivity index (χ1v) is 9.99. The molecule has 7 nitrogen and oxygen atoms in total. The fourth-order valence-corrected chi connectivity index (χ4v) is 3.61.